The van der Waals surface area contributed by atoms with Crippen molar-refractivity contribution >= 4 is 11.9 Å². The first-order chi connectivity index (χ1) is 11.1. The molecule has 1 aromatic heterocycles. The Hall–Kier alpha value is -3.21. The topological polar surface area (TPSA) is 94.9 Å². The van der Waals surface area contributed by atoms with Crippen molar-refractivity contribution in [1.82, 2.24) is 9.97 Å². The molecular formula is C18H16N4O. The predicted molar refractivity (Wildman–Crippen MR) is 89.4 cm³/mol. The average molecular weight is 304 g/mol. The van der Waals surface area contributed by atoms with Crippen molar-refractivity contribution in [3.63, 3.8) is 0 Å². The quantitative estimate of drug-likeness (QED) is 0.773. The van der Waals surface area contributed by atoms with Crippen LogP contribution in [0.15, 0.2) is 66.9 Å². The number of hydrogen-bond donors (Lipinski definition) is 2. The van der Waals surface area contributed by atoms with Gasteiger partial charge in [0.15, 0.2) is 0 Å². The van der Waals surface area contributed by atoms with Gasteiger partial charge in [-0.25, -0.2) is 9.97 Å². The molecule has 1 heterocycles. The molecule has 0 fully saturated rings. The smallest absolute Gasteiger partial charge is 0.229 e. The fourth-order valence-electron chi connectivity index (χ4n) is 2.55. The number of nitrogens with zero attached hydrogens (tertiary/aromatic N) is 2. The SMILES string of the molecule is NC(=O)C(c1ccccc1)c1ccc(-c2ccnc(N)n2)cc1. The number of nitrogens with two attached hydrogens (primary N) is 2. The number of carbonyl (C=O) groups excluding carboxylic acids is 1. The zero-order chi connectivity index (χ0) is 16.2. The van der Waals surface area contributed by atoms with E-state index in [-0.39, 0.29) is 11.9 Å². The van der Waals surface area contributed by atoms with E-state index in [1.165, 1.54) is 0 Å². The summed E-state index contributed by atoms with van der Waals surface area (Å²) in [5.74, 6) is -0.623. The van der Waals surface area contributed by atoms with Crippen LogP contribution in [0.2, 0.25) is 0 Å². The Morgan fingerprint density at radius 2 is 1.57 bits per heavy atom. The highest BCUT2D eigenvalue weighted by atomic mass is 16.1. The monoisotopic (exact) mass is 304 g/mol. The molecule has 0 aliphatic carbocycles. The molecule has 5 nitrogen and oxygen atoms in total. The van der Waals surface area contributed by atoms with Crippen LogP contribution in [-0.4, -0.2) is 15.9 Å². The van der Waals surface area contributed by atoms with Gasteiger partial charge in [-0.1, -0.05) is 54.6 Å². The molecule has 0 bridgehead atoms. The minimum absolute atomic E-state index is 0.228. The largest absolute Gasteiger partial charge is 0.369 e. The summed E-state index contributed by atoms with van der Waals surface area (Å²) in [6.07, 6.45) is 1.61. The molecule has 2 aromatic carbocycles. The van der Waals surface area contributed by atoms with Gasteiger partial charge in [-0.3, -0.25) is 4.79 Å². The van der Waals surface area contributed by atoms with Crippen LogP contribution >= 0.6 is 0 Å². The normalized spacial score (nSPS) is 11.8. The van der Waals surface area contributed by atoms with Gasteiger partial charge in [-0.15, -0.1) is 0 Å². The molecule has 114 valence electrons. The number of amides is 1. The van der Waals surface area contributed by atoms with Gasteiger partial charge < -0.3 is 11.5 Å². The summed E-state index contributed by atoms with van der Waals surface area (Å²) in [4.78, 5) is 20.0. The van der Waals surface area contributed by atoms with Crippen molar-refractivity contribution in [3.8, 4) is 11.3 Å². The summed E-state index contributed by atoms with van der Waals surface area (Å²) in [5, 5.41) is 0. The number of nitrogen functional groups attached to an aromatic ring is 1. The van der Waals surface area contributed by atoms with Crippen molar-refractivity contribution in [2.45, 2.75) is 5.92 Å². The van der Waals surface area contributed by atoms with Crippen LogP contribution in [0.25, 0.3) is 11.3 Å². The predicted octanol–water partition coefficient (Wildman–Crippen LogP) is 2.34. The van der Waals surface area contributed by atoms with Gasteiger partial charge in [0.05, 0.1) is 11.6 Å². The number of rotatable bonds is 4. The Bertz CT molecular complexity index is 816. The molecule has 1 atom stereocenters. The van der Waals surface area contributed by atoms with Crippen LogP contribution in [0.3, 0.4) is 0 Å². The average Bonchev–Trinajstić information content (AvgIpc) is 2.56. The van der Waals surface area contributed by atoms with Gasteiger partial charge in [0.1, 0.15) is 0 Å². The third-order valence-electron chi connectivity index (χ3n) is 3.63. The first-order valence-electron chi connectivity index (χ1n) is 7.18. The summed E-state index contributed by atoms with van der Waals surface area (Å²) < 4.78 is 0. The Balaban J connectivity index is 1.96. The summed E-state index contributed by atoms with van der Waals surface area (Å²) in [7, 11) is 0. The zero-order valence-electron chi connectivity index (χ0n) is 12.4. The molecule has 1 unspecified atom stereocenters. The highest BCUT2D eigenvalue weighted by Gasteiger charge is 2.19. The Kier molecular flexibility index (Phi) is 4.01. The van der Waals surface area contributed by atoms with Gasteiger partial charge in [0.2, 0.25) is 11.9 Å². The molecule has 5 heteroatoms. The lowest BCUT2D eigenvalue weighted by Gasteiger charge is -2.14. The van der Waals surface area contributed by atoms with E-state index in [1.807, 2.05) is 54.6 Å². The van der Waals surface area contributed by atoms with Gasteiger partial charge in [-0.2, -0.15) is 0 Å². The van der Waals surface area contributed by atoms with Crippen molar-refractivity contribution in [2.24, 2.45) is 5.73 Å². The standard InChI is InChI=1S/C18H16N4O/c19-17(23)16(13-4-2-1-3-5-13)14-8-6-12(7-9-14)15-10-11-21-18(20)22-15/h1-11,16H,(H2,19,23)(H2,20,21,22). The highest BCUT2D eigenvalue weighted by molar-refractivity contribution is 5.85. The lowest BCUT2D eigenvalue weighted by atomic mass is 9.90. The number of hydrogen-bond acceptors (Lipinski definition) is 4. The number of primary amides is 1. The highest BCUT2D eigenvalue weighted by Crippen LogP contribution is 2.26. The van der Waals surface area contributed by atoms with Crippen molar-refractivity contribution in [1.29, 1.82) is 0 Å². The maximum Gasteiger partial charge on any atom is 0.229 e. The Labute approximate surface area is 134 Å². The molecule has 0 spiro atoms. The van der Waals surface area contributed by atoms with Crippen LogP contribution in [0.1, 0.15) is 17.0 Å². The molecular weight excluding hydrogens is 288 g/mol. The molecule has 23 heavy (non-hydrogen) atoms. The van der Waals surface area contributed by atoms with Gasteiger partial charge in [-0.05, 0) is 17.2 Å². The molecule has 3 aromatic rings. The fraction of sp³-hybridized carbons (Fsp3) is 0.0556. The maximum atomic E-state index is 11.9. The second-order valence-corrected chi connectivity index (χ2v) is 5.17. The van der Waals surface area contributed by atoms with Crippen molar-refractivity contribution in [3.05, 3.63) is 78.0 Å². The number of carbonyl (C=O) groups is 1. The van der Waals surface area contributed by atoms with Crippen molar-refractivity contribution < 1.29 is 4.79 Å². The van der Waals surface area contributed by atoms with E-state index in [2.05, 4.69) is 9.97 Å². The summed E-state index contributed by atoms with van der Waals surface area (Å²) in [6, 6.07) is 18.8. The molecule has 4 N–H and O–H groups in total. The summed E-state index contributed by atoms with van der Waals surface area (Å²) in [6.45, 7) is 0. The fourth-order valence-corrected chi connectivity index (χ4v) is 2.55. The van der Waals surface area contributed by atoms with E-state index in [0.717, 1.165) is 22.4 Å². The number of anilines is 1. The third kappa shape index (κ3) is 3.18. The van der Waals surface area contributed by atoms with Gasteiger partial charge in [0, 0.05) is 11.8 Å². The van der Waals surface area contributed by atoms with Gasteiger partial charge in [0.25, 0.3) is 0 Å². The molecule has 0 saturated carbocycles. The van der Waals surface area contributed by atoms with Crippen LogP contribution < -0.4 is 11.5 Å². The van der Waals surface area contributed by atoms with Crippen LogP contribution in [0.5, 0.6) is 0 Å². The minimum Gasteiger partial charge on any atom is -0.369 e. The molecule has 0 aliphatic rings. The van der Waals surface area contributed by atoms with E-state index in [0.29, 0.717) is 0 Å². The van der Waals surface area contributed by atoms with Crippen molar-refractivity contribution in [2.75, 3.05) is 5.73 Å². The van der Waals surface area contributed by atoms with Crippen LogP contribution in [0.4, 0.5) is 5.95 Å². The minimum atomic E-state index is -0.472. The Morgan fingerprint density at radius 1 is 0.913 bits per heavy atom. The zero-order valence-corrected chi connectivity index (χ0v) is 12.4. The van der Waals surface area contributed by atoms with Gasteiger partial charge >= 0.3 is 0 Å². The molecule has 0 radical (unpaired) electrons. The Morgan fingerprint density at radius 3 is 2.17 bits per heavy atom. The van der Waals surface area contributed by atoms with E-state index < -0.39 is 5.92 Å². The molecule has 1 amide bonds. The number of benzene rings is 2. The number of aromatic nitrogens is 2. The van der Waals surface area contributed by atoms with Crippen LogP contribution in [0, 0.1) is 0 Å². The van der Waals surface area contributed by atoms with Crippen LogP contribution in [-0.2, 0) is 4.79 Å². The summed E-state index contributed by atoms with van der Waals surface area (Å²) >= 11 is 0. The molecule has 0 saturated heterocycles. The van der Waals surface area contributed by atoms with E-state index >= 15 is 0 Å². The summed E-state index contributed by atoms with van der Waals surface area (Å²) in [5.41, 5.74) is 14.6. The second-order valence-electron chi connectivity index (χ2n) is 5.17. The molecule has 3 rings (SSSR count). The lowest BCUT2D eigenvalue weighted by molar-refractivity contribution is -0.118. The first kappa shape index (κ1) is 14.7. The van der Waals surface area contributed by atoms with E-state index in [9.17, 15) is 4.79 Å². The van der Waals surface area contributed by atoms with E-state index in [1.54, 1.807) is 12.3 Å². The molecule has 0 aliphatic heterocycles. The lowest BCUT2D eigenvalue weighted by Crippen LogP contribution is -2.22. The maximum absolute atomic E-state index is 11.9. The van der Waals surface area contributed by atoms with E-state index in [4.69, 9.17) is 11.5 Å². The second kappa shape index (κ2) is 6.27. The first-order valence-corrected chi connectivity index (χ1v) is 7.18. The third-order valence-corrected chi connectivity index (χ3v) is 3.63.